The van der Waals surface area contributed by atoms with Gasteiger partial charge in [-0.2, -0.15) is 0 Å². The maximum absolute atomic E-state index is 11.7. The Morgan fingerprint density at radius 1 is 1.14 bits per heavy atom. The SMILES string of the molecule is CC(=O)O[C@@H](C)CCC(=O)CCCOCc1ccccc1. The third kappa shape index (κ3) is 8.97. The molecule has 4 heteroatoms. The lowest BCUT2D eigenvalue weighted by molar-refractivity contribution is -0.146. The minimum absolute atomic E-state index is 0.192. The van der Waals surface area contributed by atoms with E-state index in [-0.39, 0.29) is 17.9 Å². The maximum Gasteiger partial charge on any atom is 0.302 e. The molecular formula is C17H24O4. The number of hydrogen-bond acceptors (Lipinski definition) is 4. The minimum Gasteiger partial charge on any atom is -0.463 e. The Labute approximate surface area is 126 Å². The second kappa shape index (κ2) is 10.1. The zero-order valence-corrected chi connectivity index (χ0v) is 12.8. The van der Waals surface area contributed by atoms with Crippen LogP contribution in [0.4, 0.5) is 0 Å². The van der Waals surface area contributed by atoms with Gasteiger partial charge in [0.05, 0.1) is 12.7 Å². The molecular weight excluding hydrogens is 268 g/mol. The lowest BCUT2D eigenvalue weighted by Gasteiger charge is -2.10. The summed E-state index contributed by atoms with van der Waals surface area (Å²) in [7, 11) is 0. The highest BCUT2D eigenvalue weighted by Crippen LogP contribution is 2.06. The van der Waals surface area contributed by atoms with E-state index in [1.807, 2.05) is 30.3 Å². The van der Waals surface area contributed by atoms with Crippen molar-refractivity contribution in [3.8, 4) is 0 Å². The average molecular weight is 292 g/mol. The number of benzene rings is 1. The molecule has 0 aromatic heterocycles. The second-order valence-corrected chi connectivity index (χ2v) is 5.14. The van der Waals surface area contributed by atoms with Crippen LogP contribution in [0.1, 0.15) is 45.1 Å². The van der Waals surface area contributed by atoms with Crippen LogP contribution in [-0.4, -0.2) is 24.5 Å². The van der Waals surface area contributed by atoms with E-state index in [9.17, 15) is 9.59 Å². The number of carbonyl (C=O) groups is 2. The molecule has 1 atom stereocenters. The molecule has 0 saturated carbocycles. The molecule has 0 N–H and O–H groups in total. The van der Waals surface area contributed by atoms with Gasteiger partial charge in [-0.3, -0.25) is 9.59 Å². The van der Waals surface area contributed by atoms with Crippen LogP contribution in [0.25, 0.3) is 0 Å². The summed E-state index contributed by atoms with van der Waals surface area (Å²) in [4.78, 5) is 22.4. The molecule has 0 aliphatic rings. The van der Waals surface area contributed by atoms with Crippen LogP contribution >= 0.6 is 0 Å². The highest BCUT2D eigenvalue weighted by atomic mass is 16.5. The van der Waals surface area contributed by atoms with Crippen LogP contribution < -0.4 is 0 Å². The monoisotopic (exact) mass is 292 g/mol. The summed E-state index contributed by atoms with van der Waals surface area (Å²) in [6.45, 7) is 4.35. The molecule has 0 bridgehead atoms. The van der Waals surface area contributed by atoms with Crippen LogP contribution in [0, 0.1) is 0 Å². The van der Waals surface area contributed by atoms with Crippen LogP contribution in [-0.2, 0) is 25.7 Å². The van der Waals surface area contributed by atoms with E-state index in [0.29, 0.717) is 32.5 Å². The van der Waals surface area contributed by atoms with Crippen molar-refractivity contribution in [3.63, 3.8) is 0 Å². The highest BCUT2D eigenvalue weighted by molar-refractivity contribution is 5.78. The van der Waals surface area contributed by atoms with Gasteiger partial charge in [-0.05, 0) is 25.3 Å². The van der Waals surface area contributed by atoms with Gasteiger partial charge in [0.15, 0.2) is 0 Å². The summed E-state index contributed by atoms with van der Waals surface area (Å²) in [5, 5.41) is 0. The molecule has 1 aromatic carbocycles. The molecule has 0 unspecified atom stereocenters. The van der Waals surface area contributed by atoms with Crippen molar-refractivity contribution in [1.29, 1.82) is 0 Å². The highest BCUT2D eigenvalue weighted by Gasteiger charge is 2.09. The molecule has 0 aliphatic heterocycles. The Morgan fingerprint density at radius 3 is 2.52 bits per heavy atom. The van der Waals surface area contributed by atoms with Gasteiger partial charge in [0, 0.05) is 26.4 Å². The zero-order chi connectivity index (χ0) is 15.5. The zero-order valence-electron chi connectivity index (χ0n) is 12.8. The van der Waals surface area contributed by atoms with Crippen molar-refractivity contribution >= 4 is 11.8 Å². The standard InChI is InChI=1S/C17H24O4/c1-14(21-15(2)18)10-11-17(19)9-6-12-20-13-16-7-4-3-5-8-16/h3-5,7-8,14H,6,9-13H2,1-2H3/t14-/m0/s1. The van der Waals surface area contributed by atoms with Gasteiger partial charge in [0.2, 0.25) is 0 Å². The fourth-order valence-corrected chi connectivity index (χ4v) is 1.97. The van der Waals surface area contributed by atoms with Gasteiger partial charge in [0.1, 0.15) is 5.78 Å². The number of hydrogen-bond donors (Lipinski definition) is 0. The van der Waals surface area contributed by atoms with E-state index in [0.717, 1.165) is 12.0 Å². The Morgan fingerprint density at radius 2 is 1.86 bits per heavy atom. The van der Waals surface area contributed by atoms with E-state index in [2.05, 4.69) is 0 Å². The molecule has 0 aliphatic carbocycles. The minimum atomic E-state index is -0.302. The van der Waals surface area contributed by atoms with Crippen molar-refractivity contribution in [2.45, 2.75) is 52.2 Å². The van der Waals surface area contributed by atoms with Crippen LogP contribution in [0.5, 0.6) is 0 Å². The molecule has 0 heterocycles. The smallest absolute Gasteiger partial charge is 0.302 e. The summed E-state index contributed by atoms with van der Waals surface area (Å²) in [6, 6.07) is 9.96. The molecule has 1 aromatic rings. The Hall–Kier alpha value is -1.68. The predicted octanol–water partition coefficient (Wildman–Crippen LogP) is 3.28. The predicted molar refractivity (Wildman–Crippen MR) is 80.8 cm³/mol. The van der Waals surface area contributed by atoms with Gasteiger partial charge in [-0.1, -0.05) is 30.3 Å². The molecule has 1 rings (SSSR count). The van der Waals surface area contributed by atoms with Crippen LogP contribution in [0.15, 0.2) is 30.3 Å². The number of ether oxygens (including phenoxy) is 2. The molecule has 4 nitrogen and oxygen atoms in total. The summed E-state index contributed by atoms with van der Waals surface area (Å²) < 4.78 is 10.5. The van der Waals surface area contributed by atoms with Crippen LogP contribution in [0.2, 0.25) is 0 Å². The van der Waals surface area contributed by atoms with Gasteiger partial charge in [-0.15, -0.1) is 0 Å². The number of Topliss-reactive ketones (excluding diaryl/α,β-unsaturated/α-hetero) is 1. The van der Waals surface area contributed by atoms with E-state index < -0.39 is 0 Å². The third-order valence-corrected chi connectivity index (χ3v) is 3.05. The third-order valence-electron chi connectivity index (χ3n) is 3.05. The Balaban J connectivity index is 2.02. The lowest BCUT2D eigenvalue weighted by Crippen LogP contribution is -2.14. The molecule has 21 heavy (non-hydrogen) atoms. The molecule has 0 radical (unpaired) electrons. The van der Waals surface area contributed by atoms with Crippen molar-refractivity contribution in [1.82, 2.24) is 0 Å². The first-order valence-corrected chi connectivity index (χ1v) is 7.38. The van der Waals surface area contributed by atoms with Crippen molar-refractivity contribution in [2.75, 3.05) is 6.61 Å². The number of esters is 1. The topological polar surface area (TPSA) is 52.6 Å². The first kappa shape index (κ1) is 17.4. The number of carbonyl (C=O) groups excluding carboxylic acids is 2. The van der Waals surface area contributed by atoms with E-state index >= 15 is 0 Å². The first-order chi connectivity index (χ1) is 10.1. The van der Waals surface area contributed by atoms with Gasteiger partial charge in [0.25, 0.3) is 0 Å². The lowest BCUT2D eigenvalue weighted by atomic mass is 10.1. The van der Waals surface area contributed by atoms with E-state index in [4.69, 9.17) is 9.47 Å². The molecule has 0 fully saturated rings. The van der Waals surface area contributed by atoms with Crippen LogP contribution in [0.3, 0.4) is 0 Å². The largest absolute Gasteiger partial charge is 0.463 e. The van der Waals surface area contributed by atoms with Crippen molar-refractivity contribution < 1.29 is 19.1 Å². The van der Waals surface area contributed by atoms with Gasteiger partial charge in [-0.25, -0.2) is 0 Å². The van der Waals surface area contributed by atoms with Crippen molar-refractivity contribution in [2.24, 2.45) is 0 Å². The average Bonchev–Trinajstić information content (AvgIpc) is 2.45. The molecule has 0 amide bonds. The van der Waals surface area contributed by atoms with Crippen molar-refractivity contribution in [3.05, 3.63) is 35.9 Å². The Bertz CT molecular complexity index is 428. The Kier molecular flexibility index (Phi) is 8.36. The normalized spacial score (nSPS) is 11.9. The fourth-order valence-electron chi connectivity index (χ4n) is 1.97. The number of ketones is 1. The summed E-state index contributed by atoms with van der Waals surface area (Å²) >= 11 is 0. The van der Waals surface area contributed by atoms with E-state index in [1.54, 1.807) is 6.92 Å². The van der Waals surface area contributed by atoms with Gasteiger partial charge < -0.3 is 9.47 Å². The summed E-state index contributed by atoms with van der Waals surface area (Å²) in [5.41, 5.74) is 1.14. The second-order valence-electron chi connectivity index (χ2n) is 5.14. The maximum atomic E-state index is 11.7. The fraction of sp³-hybridized carbons (Fsp3) is 0.529. The molecule has 0 spiro atoms. The molecule has 0 saturated heterocycles. The van der Waals surface area contributed by atoms with E-state index in [1.165, 1.54) is 6.92 Å². The summed E-state index contributed by atoms with van der Waals surface area (Å²) in [5.74, 6) is -0.110. The number of rotatable bonds is 10. The van der Waals surface area contributed by atoms with Gasteiger partial charge >= 0.3 is 5.97 Å². The molecule has 116 valence electrons. The summed E-state index contributed by atoms with van der Waals surface area (Å²) in [6.07, 6.45) is 2.09. The quantitative estimate of drug-likeness (QED) is 0.490. The first-order valence-electron chi connectivity index (χ1n) is 7.38.